The molecule has 17 heavy (non-hydrogen) atoms. The zero-order valence-electron chi connectivity index (χ0n) is 9.91. The van der Waals surface area contributed by atoms with Gasteiger partial charge >= 0.3 is 5.97 Å². The van der Waals surface area contributed by atoms with Gasteiger partial charge in [0.25, 0.3) is 0 Å². The fourth-order valence-corrected chi connectivity index (χ4v) is 1.68. The van der Waals surface area contributed by atoms with Crippen LogP contribution in [-0.2, 0) is 4.74 Å². The minimum Gasteiger partial charge on any atom is -0.455 e. The monoisotopic (exact) mass is 270 g/mol. The molecule has 0 aliphatic carbocycles. The molecule has 2 aromatic rings. The van der Waals surface area contributed by atoms with Gasteiger partial charge in [0.05, 0.1) is 5.51 Å². The second-order valence-corrected chi connectivity index (χ2v) is 5.66. The number of esters is 1. The van der Waals surface area contributed by atoms with Crippen LogP contribution in [0, 0.1) is 0 Å². The molecule has 4 nitrogen and oxygen atoms in total. The van der Waals surface area contributed by atoms with Gasteiger partial charge in [0.2, 0.25) is 5.01 Å². The molecule has 0 saturated carbocycles. The molecule has 2 aromatic heterocycles. The van der Waals surface area contributed by atoms with Crippen LogP contribution >= 0.6 is 22.7 Å². The Morgan fingerprint density at radius 2 is 2.06 bits per heavy atom. The summed E-state index contributed by atoms with van der Waals surface area (Å²) < 4.78 is 5.09. The lowest BCUT2D eigenvalue weighted by Gasteiger charge is -2.18. The van der Waals surface area contributed by atoms with E-state index in [0.717, 1.165) is 0 Å². The van der Waals surface area contributed by atoms with Crippen LogP contribution in [0.25, 0.3) is 0 Å². The molecule has 0 radical (unpaired) electrons. The largest absolute Gasteiger partial charge is 0.455 e. The van der Waals surface area contributed by atoms with Gasteiger partial charge in [-0.15, -0.1) is 22.7 Å². The molecule has 0 saturated heterocycles. The van der Waals surface area contributed by atoms with Crippen LogP contribution < -0.4 is 0 Å². The minimum absolute atomic E-state index is 0.350. The number of aromatic nitrogens is 2. The van der Waals surface area contributed by atoms with Crippen molar-refractivity contribution in [3.05, 3.63) is 33.7 Å². The van der Waals surface area contributed by atoms with Crippen LogP contribution in [0.4, 0.5) is 0 Å². The maximum atomic E-state index is 11.2. The Labute approximate surface area is 108 Å². The Morgan fingerprint density at radius 1 is 1.29 bits per heavy atom. The Hall–Kier alpha value is -1.27. The molecule has 0 spiro atoms. The van der Waals surface area contributed by atoms with Crippen molar-refractivity contribution >= 4 is 28.6 Å². The first-order valence-electron chi connectivity index (χ1n) is 4.94. The molecule has 0 N–H and O–H groups in total. The molecule has 0 aliphatic heterocycles. The van der Waals surface area contributed by atoms with Gasteiger partial charge in [0, 0.05) is 23.2 Å². The number of hydrogen-bond acceptors (Lipinski definition) is 6. The van der Waals surface area contributed by atoms with E-state index in [2.05, 4.69) is 9.97 Å². The van der Waals surface area contributed by atoms with Gasteiger partial charge in [0.1, 0.15) is 5.60 Å². The quantitative estimate of drug-likeness (QED) is 0.746. The van der Waals surface area contributed by atoms with Crippen LogP contribution in [0.5, 0.6) is 0 Å². The number of carbonyl (C=O) groups is 1. The highest BCUT2D eigenvalue weighted by molar-refractivity contribution is 7.11. The zero-order valence-corrected chi connectivity index (χ0v) is 11.5. The molecule has 92 valence electrons. The molecule has 0 amide bonds. The molecule has 0 unspecified atom stereocenters. The van der Waals surface area contributed by atoms with E-state index >= 15 is 0 Å². The van der Waals surface area contributed by atoms with Crippen molar-refractivity contribution in [3.63, 3.8) is 0 Å². The van der Waals surface area contributed by atoms with E-state index < -0.39 is 5.60 Å². The highest BCUT2D eigenvalue weighted by atomic mass is 32.1. The first-order chi connectivity index (χ1) is 7.99. The third kappa shape index (κ3) is 6.13. The summed E-state index contributed by atoms with van der Waals surface area (Å²) >= 11 is 2.89. The van der Waals surface area contributed by atoms with Gasteiger partial charge in [-0.2, -0.15) is 0 Å². The highest BCUT2D eigenvalue weighted by Gasteiger charge is 2.19. The van der Waals surface area contributed by atoms with Crippen molar-refractivity contribution in [1.82, 2.24) is 9.97 Å². The van der Waals surface area contributed by atoms with Crippen molar-refractivity contribution in [2.45, 2.75) is 26.4 Å². The van der Waals surface area contributed by atoms with Crippen LogP contribution in [0.1, 0.15) is 30.6 Å². The Bertz CT molecular complexity index is 402. The van der Waals surface area contributed by atoms with Gasteiger partial charge in [0.15, 0.2) is 0 Å². The Balaban J connectivity index is 0.000000239. The average Bonchev–Trinajstić information content (AvgIpc) is 2.93. The van der Waals surface area contributed by atoms with Gasteiger partial charge in [-0.3, -0.25) is 4.98 Å². The topological polar surface area (TPSA) is 52.1 Å². The fourth-order valence-electron chi connectivity index (χ4n) is 0.822. The van der Waals surface area contributed by atoms with Crippen LogP contribution in [0.15, 0.2) is 28.7 Å². The summed E-state index contributed by atoms with van der Waals surface area (Å²) in [7, 11) is 0. The normalized spacial score (nSPS) is 10.3. The SMILES string of the molecule is CC(C)(C)OC(=O)c1nccs1.c1cscn1. The molecule has 6 heteroatoms. The number of hydrogen-bond donors (Lipinski definition) is 0. The number of rotatable bonds is 1. The van der Waals surface area contributed by atoms with E-state index in [0.29, 0.717) is 5.01 Å². The molecule has 2 rings (SSSR count). The average molecular weight is 270 g/mol. The van der Waals surface area contributed by atoms with Crippen molar-refractivity contribution < 1.29 is 9.53 Å². The molecule has 0 atom stereocenters. The van der Waals surface area contributed by atoms with Gasteiger partial charge in [-0.1, -0.05) is 0 Å². The molecular weight excluding hydrogens is 256 g/mol. The fraction of sp³-hybridized carbons (Fsp3) is 0.364. The standard InChI is InChI=1S/C8H11NO2S.C3H3NS/c1-8(2,3)11-7(10)6-9-4-5-12-6;1-2-5-3-4-1/h4-5H,1-3H3;1-3H. The third-order valence-corrected chi connectivity index (χ3v) is 2.63. The van der Waals surface area contributed by atoms with Gasteiger partial charge in [-0.05, 0) is 20.8 Å². The lowest BCUT2D eigenvalue weighted by molar-refractivity contribution is 0.00692. The maximum Gasteiger partial charge on any atom is 0.367 e. The van der Waals surface area contributed by atoms with Crippen LogP contribution in [0.3, 0.4) is 0 Å². The first-order valence-corrected chi connectivity index (χ1v) is 6.76. The van der Waals surface area contributed by atoms with Crippen molar-refractivity contribution in [3.8, 4) is 0 Å². The predicted octanol–water partition coefficient (Wildman–Crippen LogP) is 3.24. The van der Waals surface area contributed by atoms with E-state index in [1.54, 1.807) is 34.6 Å². The summed E-state index contributed by atoms with van der Waals surface area (Å²) in [5.41, 5.74) is 1.35. The summed E-state index contributed by atoms with van der Waals surface area (Å²) in [4.78, 5) is 18.8. The molecule has 0 aromatic carbocycles. The van der Waals surface area contributed by atoms with E-state index in [9.17, 15) is 4.79 Å². The van der Waals surface area contributed by atoms with Crippen molar-refractivity contribution in [2.24, 2.45) is 0 Å². The van der Waals surface area contributed by atoms with Crippen LogP contribution in [-0.4, -0.2) is 21.5 Å². The van der Waals surface area contributed by atoms with Crippen molar-refractivity contribution in [2.75, 3.05) is 0 Å². The zero-order chi connectivity index (χ0) is 12.7. The second-order valence-electron chi connectivity index (χ2n) is 4.01. The number of nitrogens with zero attached hydrogens (tertiary/aromatic N) is 2. The van der Waals surface area contributed by atoms with Crippen molar-refractivity contribution in [1.29, 1.82) is 0 Å². The highest BCUT2D eigenvalue weighted by Crippen LogP contribution is 2.13. The first kappa shape index (κ1) is 13.8. The van der Waals surface area contributed by atoms with Gasteiger partial charge in [-0.25, -0.2) is 9.78 Å². The second kappa shape index (κ2) is 6.46. The predicted molar refractivity (Wildman–Crippen MR) is 69.4 cm³/mol. The summed E-state index contributed by atoms with van der Waals surface area (Å²) in [6.07, 6.45) is 3.36. The molecule has 0 aliphatic rings. The maximum absolute atomic E-state index is 11.2. The summed E-state index contributed by atoms with van der Waals surface area (Å²) in [6, 6.07) is 0. The van der Waals surface area contributed by atoms with E-state index in [4.69, 9.17) is 4.74 Å². The third-order valence-electron chi connectivity index (χ3n) is 1.35. The minimum atomic E-state index is -0.442. The summed E-state index contributed by atoms with van der Waals surface area (Å²) in [6.45, 7) is 5.50. The smallest absolute Gasteiger partial charge is 0.367 e. The van der Waals surface area contributed by atoms with E-state index in [-0.39, 0.29) is 5.97 Å². The lowest BCUT2D eigenvalue weighted by atomic mass is 10.2. The van der Waals surface area contributed by atoms with E-state index in [1.165, 1.54) is 11.3 Å². The molecule has 2 heterocycles. The Morgan fingerprint density at radius 3 is 2.41 bits per heavy atom. The molecule has 0 fully saturated rings. The summed E-state index contributed by atoms with van der Waals surface area (Å²) in [5.74, 6) is -0.350. The lowest BCUT2D eigenvalue weighted by Crippen LogP contribution is -2.23. The van der Waals surface area contributed by atoms with Gasteiger partial charge < -0.3 is 4.74 Å². The molecule has 0 bridgehead atoms. The van der Waals surface area contributed by atoms with E-state index in [1.807, 2.05) is 26.2 Å². The Kier molecular flexibility index (Phi) is 5.24. The summed E-state index contributed by atoms with van der Waals surface area (Å²) in [5, 5.41) is 4.09. The number of carbonyl (C=O) groups excluding carboxylic acids is 1. The van der Waals surface area contributed by atoms with Crippen LogP contribution in [0.2, 0.25) is 0 Å². The number of ether oxygens (including phenoxy) is 1. The molecular formula is C11H14N2O2S2. The number of thiazole rings is 2.